The van der Waals surface area contributed by atoms with Crippen molar-refractivity contribution in [1.29, 1.82) is 0 Å². The molecule has 0 atom stereocenters. The molecule has 1 fully saturated rings. The van der Waals surface area contributed by atoms with Gasteiger partial charge in [-0.15, -0.1) is 0 Å². The molecule has 0 radical (unpaired) electrons. The van der Waals surface area contributed by atoms with Crippen molar-refractivity contribution in [1.82, 2.24) is 9.88 Å². The quantitative estimate of drug-likeness (QED) is 0.833. The molecule has 0 saturated heterocycles. The van der Waals surface area contributed by atoms with Crippen LogP contribution < -0.4 is 5.32 Å². The van der Waals surface area contributed by atoms with E-state index in [4.69, 9.17) is 0 Å². The summed E-state index contributed by atoms with van der Waals surface area (Å²) in [5, 5.41) is 5.06. The van der Waals surface area contributed by atoms with Gasteiger partial charge in [0.25, 0.3) is 0 Å². The van der Waals surface area contributed by atoms with Crippen LogP contribution >= 0.6 is 0 Å². The molecule has 0 aliphatic heterocycles. The third-order valence-electron chi connectivity index (χ3n) is 4.38. The number of aryl methyl sites for hydroxylation is 1. The van der Waals surface area contributed by atoms with Crippen LogP contribution in [0.5, 0.6) is 0 Å². The number of rotatable bonds is 6. The predicted octanol–water partition coefficient (Wildman–Crippen LogP) is 4.37. The first-order valence-corrected chi connectivity index (χ1v) is 8.33. The molecular weight excluding hydrogens is 256 g/mol. The highest BCUT2D eigenvalue weighted by Crippen LogP contribution is 2.26. The standard InChI is InChI=1S/C19H28N2/c1-19(2,3)11-13-21-14-15(10-12-20-16-8-9-16)17-6-4-5-7-18(17)21/h4-7,14,16,20H,8-13H2,1-3H3. The number of hydrogen-bond acceptors (Lipinski definition) is 1. The number of nitrogens with one attached hydrogen (secondary N) is 1. The van der Waals surface area contributed by atoms with Gasteiger partial charge in [-0.1, -0.05) is 39.0 Å². The van der Waals surface area contributed by atoms with Gasteiger partial charge in [0.2, 0.25) is 0 Å². The zero-order chi connectivity index (χ0) is 14.9. The van der Waals surface area contributed by atoms with Gasteiger partial charge in [-0.2, -0.15) is 0 Å². The summed E-state index contributed by atoms with van der Waals surface area (Å²) >= 11 is 0. The van der Waals surface area contributed by atoms with Crippen molar-refractivity contribution in [2.24, 2.45) is 5.41 Å². The average Bonchev–Trinajstić information content (AvgIpc) is 3.18. The van der Waals surface area contributed by atoms with E-state index >= 15 is 0 Å². The van der Waals surface area contributed by atoms with Gasteiger partial charge in [-0.05, 0) is 49.3 Å². The summed E-state index contributed by atoms with van der Waals surface area (Å²) in [6.45, 7) is 9.18. The Morgan fingerprint density at radius 2 is 1.95 bits per heavy atom. The van der Waals surface area contributed by atoms with Gasteiger partial charge in [0.15, 0.2) is 0 Å². The first-order chi connectivity index (χ1) is 10.0. The third kappa shape index (κ3) is 3.88. The minimum absolute atomic E-state index is 0.388. The van der Waals surface area contributed by atoms with Crippen molar-refractivity contribution in [3.63, 3.8) is 0 Å². The zero-order valence-corrected chi connectivity index (χ0v) is 13.7. The number of benzene rings is 1. The van der Waals surface area contributed by atoms with Gasteiger partial charge in [0, 0.05) is 29.7 Å². The second kappa shape index (κ2) is 5.84. The minimum Gasteiger partial charge on any atom is -0.347 e. The van der Waals surface area contributed by atoms with E-state index in [9.17, 15) is 0 Å². The van der Waals surface area contributed by atoms with Crippen LogP contribution in [0.3, 0.4) is 0 Å². The molecule has 0 bridgehead atoms. The lowest BCUT2D eigenvalue weighted by molar-refractivity contribution is 0.353. The highest BCUT2D eigenvalue weighted by molar-refractivity contribution is 5.84. The number of hydrogen-bond donors (Lipinski definition) is 1. The van der Waals surface area contributed by atoms with Crippen LogP contribution in [-0.4, -0.2) is 17.2 Å². The molecule has 1 saturated carbocycles. The molecule has 1 aromatic heterocycles. The van der Waals surface area contributed by atoms with Crippen molar-refractivity contribution in [3.8, 4) is 0 Å². The molecule has 2 nitrogen and oxygen atoms in total. The van der Waals surface area contributed by atoms with Gasteiger partial charge >= 0.3 is 0 Å². The van der Waals surface area contributed by atoms with Gasteiger partial charge in [-0.25, -0.2) is 0 Å². The monoisotopic (exact) mass is 284 g/mol. The Balaban J connectivity index is 1.75. The number of para-hydroxylation sites is 1. The van der Waals surface area contributed by atoms with Gasteiger partial charge in [-0.3, -0.25) is 0 Å². The van der Waals surface area contributed by atoms with E-state index in [0.717, 1.165) is 25.6 Å². The van der Waals surface area contributed by atoms with E-state index in [1.807, 2.05) is 0 Å². The molecule has 1 aromatic carbocycles. The number of fused-ring (bicyclic) bond motifs is 1. The lowest BCUT2D eigenvalue weighted by Crippen LogP contribution is -2.19. The fourth-order valence-corrected chi connectivity index (χ4v) is 2.86. The largest absolute Gasteiger partial charge is 0.347 e. The summed E-state index contributed by atoms with van der Waals surface area (Å²) in [5.74, 6) is 0. The molecule has 2 aromatic rings. The molecule has 1 heterocycles. The van der Waals surface area contributed by atoms with Crippen LogP contribution in [-0.2, 0) is 13.0 Å². The Hall–Kier alpha value is -1.28. The maximum atomic E-state index is 3.63. The fraction of sp³-hybridized carbons (Fsp3) is 0.579. The van der Waals surface area contributed by atoms with E-state index in [1.54, 1.807) is 0 Å². The van der Waals surface area contributed by atoms with Gasteiger partial charge < -0.3 is 9.88 Å². The van der Waals surface area contributed by atoms with Crippen LogP contribution in [0.25, 0.3) is 10.9 Å². The van der Waals surface area contributed by atoms with E-state index in [2.05, 4.69) is 61.1 Å². The number of aromatic nitrogens is 1. The van der Waals surface area contributed by atoms with Crippen molar-refractivity contribution >= 4 is 10.9 Å². The normalized spacial score (nSPS) is 15.8. The van der Waals surface area contributed by atoms with E-state index < -0.39 is 0 Å². The lowest BCUT2D eigenvalue weighted by atomic mass is 9.92. The van der Waals surface area contributed by atoms with E-state index in [1.165, 1.54) is 35.7 Å². The van der Waals surface area contributed by atoms with Crippen LogP contribution in [0.4, 0.5) is 0 Å². The first-order valence-electron chi connectivity index (χ1n) is 8.33. The summed E-state index contributed by atoms with van der Waals surface area (Å²) in [7, 11) is 0. The second-order valence-corrected chi connectivity index (χ2v) is 7.65. The molecule has 2 heteroatoms. The average molecular weight is 284 g/mol. The Morgan fingerprint density at radius 1 is 1.19 bits per heavy atom. The van der Waals surface area contributed by atoms with Crippen LogP contribution in [0.15, 0.2) is 30.5 Å². The number of nitrogens with zero attached hydrogens (tertiary/aromatic N) is 1. The summed E-state index contributed by atoms with van der Waals surface area (Å²) in [5.41, 5.74) is 3.27. The van der Waals surface area contributed by atoms with Crippen molar-refractivity contribution in [2.75, 3.05) is 6.54 Å². The van der Waals surface area contributed by atoms with Crippen molar-refractivity contribution in [3.05, 3.63) is 36.0 Å². The molecule has 0 amide bonds. The fourth-order valence-electron chi connectivity index (χ4n) is 2.86. The Morgan fingerprint density at radius 3 is 2.67 bits per heavy atom. The zero-order valence-electron chi connectivity index (χ0n) is 13.7. The van der Waals surface area contributed by atoms with Crippen molar-refractivity contribution in [2.45, 2.75) is 59.0 Å². The lowest BCUT2D eigenvalue weighted by Gasteiger charge is -2.18. The molecular formula is C19H28N2. The first kappa shape index (κ1) is 14.6. The highest BCUT2D eigenvalue weighted by Gasteiger charge is 2.20. The van der Waals surface area contributed by atoms with Crippen LogP contribution in [0, 0.1) is 5.41 Å². The molecule has 3 rings (SSSR count). The Kier molecular flexibility index (Phi) is 4.08. The highest BCUT2D eigenvalue weighted by atomic mass is 15.0. The van der Waals surface area contributed by atoms with Gasteiger partial charge in [0.05, 0.1) is 0 Å². The van der Waals surface area contributed by atoms with E-state index in [0.29, 0.717) is 5.41 Å². The topological polar surface area (TPSA) is 17.0 Å². The Labute approximate surface area is 128 Å². The maximum absolute atomic E-state index is 3.63. The SMILES string of the molecule is CC(C)(C)CCn1cc(CCNC2CC2)c2ccccc21. The molecule has 0 spiro atoms. The predicted molar refractivity (Wildman–Crippen MR) is 90.7 cm³/mol. The van der Waals surface area contributed by atoms with E-state index in [-0.39, 0.29) is 0 Å². The molecule has 114 valence electrons. The van der Waals surface area contributed by atoms with Gasteiger partial charge in [0.1, 0.15) is 0 Å². The molecule has 1 aliphatic rings. The molecule has 21 heavy (non-hydrogen) atoms. The Bertz CT molecular complexity index is 600. The maximum Gasteiger partial charge on any atom is 0.0483 e. The van der Waals surface area contributed by atoms with Crippen LogP contribution in [0.2, 0.25) is 0 Å². The van der Waals surface area contributed by atoms with Crippen molar-refractivity contribution < 1.29 is 0 Å². The molecule has 1 N–H and O–H groups in total. The summed E-state index contributed by atoms with van der Waals surface area (Å²) in [6, 6.07) is 9.65. The summed E-state index contributed by atoms with van der Waals surface area (Å²) < 4.78 is 2.45. The smallest absolute Gasteiger partial charge is 0.0483 e. The minimum atomic E-state index is 0.388. The second-order valence-electron chi connectivity index (χ2n) is 7.65. The summed E-state index contributed by atoms with van der Waals surface area (Å²) in [4.78, 5) is 0. The van der Waals surface area contributed by atoms with Crippen LogP contribution in [0.1, 0.15) is 45.6 Å². The summed E-state index contributed by atoms with van der Waals surface area (Å²) in [6.07, 6.45) is 7.47. The molecule has 0 unspecified atom stereocenters. The molecule has 1 aliphatic carbocycles. The third-order valence-corrected chi connectivity index (χ3v) is 4.38.